The molecule has 2 rings (SSSR count). The molecule has 0 bridgehead atoms. The van der Waals surface area contributed by atoms with Gasteiger partial charge in [0, 0.05) is 9.50 Å². The number of hydrogen-bond acceptors (Lipinski definition) is 3. The van der Waals surface area contributed by atoms with Gasteiger partial charge in [-0.1, -0.05) is 45.2 Å². The summed E-state index contributed by atoms with van der Waals surface area (Å²) in [5.41, 5.74) is 1.66. The van der Waals surface area contributed by atoms with Crippen molar-refractivity contribution in [3.05, 3.63) is 63.1 Å². The first-order valence-electron chi connectivity index (χ1n) is 5.78. The molecule has 0 amide bonds. The van der Waals surface area contributed by atoms with E-state index in [-0.39, 0.29) is 11.5 Å². The zero-order chi connectivity index (χ0) is 14.8. The first kappa shape index (κ1) is 15.5. The van der Waals surface area contributed by atoms with Crippen LogP contribution in [-0.4, -0.2) is 8.42 Å². The Balaban J connectivity index is 2.17. The summed E-state index contributed by atoms with van der Waals surface area (Å²) in [5.74, 6) is 0. The van der Waals surface area contributed by atoms with Crippen LogP contribution in [0.1, 0.15) is 11.1 Å². The largest absolute Gasteiger partial charge is 0.297 e. The van der Waals surface area contributed by atoms with E-state index in [1.807, 2.05) is 6.92 Å². The van der Waals surface area contributed by atoms with Crippen molar-refractivity contribution in [1.29, 1.82) is 0 Å². The van der Waals surface area contributed by atoms with Gasteiger partial charge in [-0.2, -0.15) is 8.42 Å². The molecule has 6 heteroatoms. The molecule has 0 atom stereocenters. The molecular weight excluding hydrogens is 364 g/mol. The summed E-state index contributed by atoms with van der Waals surface area (Å²) in [7, 11) is -3.77. The first-order chi connectivity index (χ1) is 9.38. The minimum Gasteiger partial charge on any atom is -0.262 e. The van der Waals surface area contributed by atoms with Crippen LogP contribution in [0, 0.1) is 6.92 Å². The van der Waals surface area contributed by atoms with E-state index in [1.54, 1.807) is 30.3 Å². The monoisotopic (exact) mass is 374 g/mol. The molecule has 0 radical (unpaired) electrons. The summed E-state index contributed by atoms with van der Waals surface area (Å²) in [4.78, 5) is 0.140. The second-order valence-electron chi connectivity index (χ2n) is 4.27. The fourth-order valence-corrected chi connectivity index (χ4v) is 3.01. The first-order valence-corrected chi connectivity index (χ1v) is 8.36. The lowest BCUT2D eigenvalue weighted by molar-refractivity contribution is 0.307. The Morgan fingerprint density at radius 1 is 1.15 bits per heavy atom. The van der Waals surface area contributed by atoms with Crippen LogP contribution < -0.4 is 0 Å². The molecule has 2 aromatic rings. The molecule has 0 saturated carbocycles. The third-order valence-corrected chi connectivity index (χ3v) is 4.97. The molecule has 0 aliphatic heterocycles. The summed E-state index contributed by atoms with van der Waals surface area (Å²) in [6, 6.07) is 11.6. The molecule has 0 unspecified atom stereocenters. The number of halogens is 2. The number of aryl methyl sites for hydroxylation is 1. The molecule has 2 aromatic carbocycles. The fraction of sp³-hybridized carbons (Fsp3) is 0.143. The van der Waals surface area contributed by atoms with Crippen molar-refractivity contribution in [1.82, 2.24) is 0 Å². The second kappa shape index (κ2) is 6.26. The van der Waals surface area contributed by atoms with Gasteiger partial charge in [0.25, 0.3) is 10.1 Å². The van der Waals surface area contributed by atoms with Crippen molar-refractivity contribution >= 4 is 37.6 Å². The van der Waals surface area contributed by atoms with Gasteiger partial charge in [0.1, 0.15) is 0 Å². The third-order valence-electron chi connectivity index (χ3n) is 2.69. The van der Waals surface area contributed by atoms with E-state index in [9.17, 15) is 8.42 Å². The van der Waals surface area contributed by atoms with Crippen LogP contribution in [0.5, 0.6) is 0 Å². The van der Waals surface area contributed by atoms with Crippen LogP contribution in [0.2, 0.25) is 5.02 Å². The van der Waals surface area contributed by atoms with E-state index in [4.69, 9.17) is 15.8 Å². The van der Waals surface area contributed by atoms with Crippen molar-refractivity contribution in [2.75, 3.05) is 0 Å². The SMILES string of the molecule is Cc1ccc(S(=O)(=O)OCc2cc(Cl)ccc2Br)cc1. The number of benzene rings is 2. The molecule has 3 nitrogen and oxygen atoms in total. The Morgan fingerprint density at radius 2 is 1.80 bits per heavy atom. The average molecular weight is 376 g/mol. The van der Waals surface area contributed by atoms with E-state index in [0.717, 1.165) is 10.0 Å². The highest BCUT2D eigenvalue weighted by atomic mass is 79.9. The van der Waals surface area contributed by atoms with Crippen molar-refractivity contribution < 1.29 is 12.6 Å². The Bertz CT molecular complexity index is 712. The average Bonchev–Trinajstić information content (AvgIpc) is 2.40. The van der Waals surface area contributed by atoms with Crippen LogP contribution in [0.25, 0.3) is 0 Å². The maximum absolute atomic E-state index is 12.0. The van der Waals surface area contributed by atoms with Crippen molar-refractivity contribution in [3.8, 4) is 0 Å². The topological polar surface area (TPSA) is 43.4 Å². The van der Waals surface area contributed by atoms with Gasteiger partial charge in [-0.15, -0.1) is 0 Å². The molecule has 106 valence electrons. The number of hydrogen-bond donors (Lipinski definition) is 0. The summed E-state index contributed by atoms with van der Waals surface area (Å²) < 4.78 is 29.9. The third kappa shape index (κ3) is 3.82. The lowest BCUT2D eigenvalue weighted by Crippen LogP contribution is -2.06. The highest BCUT2D eigenvalue weighted by molar-refractivity contribution is 9.10. The van der Waals surface area contributed by atoms with Gasteiger partial charge in [0.2, 0.25) is 0 Å². The lowest BCUT2D eigenvalue weighted by Gasteiger charge is -2.08. The Labute approximate surface area is 131 Å². The van der Waals surface area contributed by atoms with Crippen molar-refractivity contribution in [2.24, 2.45) is 0 Å². The minimum atomic E-state index is -3.77. The summed E-state index contributed by atoms with van der Waals surface area (Å²) in [6.07, 6.45) is 0. The van der Waals surface area contributed by atoms with Gasteiger partial charge in [-0.05, 0) is 42.8 Å². The lowest BCUT2D eigenvalue weighted by atomic mass is 10.2. The molecule has 0 heterocycles. The fourth-order valence-electron chi connectivity index (χ4n) is 1.57. The molecule has 0 saturated heterocycles. The minimum absolute atomic E-state index is 0.0721. The van der Waals surface area contributed by atoms with Crippen LogP contribution in [0.4, 0.5) is 0 Å². The quantitative estimate of drug-likeness (QED) is 0.748. The Morgan fingerprint density at radius 3 is 2.45 bits per heavy atom. The van der Waals surface area contributed by atoms with Crippen molar-refractivity contribution in [3.63, 3.8) is 0 Å². The molecule has 20 heavy (non-hydrogen) atoms. The molecule has 0 N–H and O–H groups in total. The van der Waals surface area contributed by atoms with Crippen LogP contribution in [0.15, 0.2) is 51.8 Å². The molecular formula is C14H12BrClO3S. The van der Waals surface area contributed by atoms with Gasteiger partial charge >= 0.3 is 0 Å². The maximum atomic E-state index is 12.0. The molecule has 0 aliphatic rings. The van der Waals surface area contributed by atoms with Gasteiger partial charge < -0.3 is 0 Å². The molecule has 0 fully saturated rings. The highest BCUT2D eigenvalue weighted by Crippen LogP contribution is 2.23. The zero-order valence-corrected chi connectivity index (χ0v) is 13.8. The van der Waals surface area contributed by atoms with Gasteiger partial charge in [-0.25, -0.2) is 0 Å². The molecule has 0 aromatic heterocycles. The van der Waals surface area contributed by atoms with E-state index in [2.05, 4.69) is 15.9 Å². The Kier molecular flexibility index (Phi) is 4.86. The summed E-state index contributed by atoms with van der Waals surface area (Å²) >= 11 is 9.21. The van der Waals surface area contributed by atoms with Gasteiger partial charge in [0.15, 0.2) is 0 Å². The van der Waals surface area contributed by atoms with E-state index < -0.39 is 10.1 Å². The van der Waals surface area contributed by atoms with Crippen molar-refractivity contribution in [2.45, 2.75) is 18.4 Å². The van der Waals surface area contributed by atoms with E-state index in [1.165, 1.54) is 12.1 Å². The predicted molar refractivity (Wildman–Crippen MR) is 82.3 cm³/mol. The summed E-state index contributed by atoms with van der Waals surface area (Å²) in [6.45, 7) is 1.82. The smallest absolute Gasteiger partial charge is 0.262 e. The van der Waals surface area contributed by atoms with Crippen LogP contribution in [-0.2, 0) is 20.9 Å². The predicted octanol–water partition coefficient (Wildman–Crippen LogP) is 4.32. The van der Waals surface area contributed by atoms with E-state index in [0.29, 0.717) is 10.6 Å². The standard InChI is InChI=1S/C14H12BrClO3S/c1-10-2-5-13(6-3-10)20(17,18)19-9-11-8-12(16)4-7-14(11)15/h2-8H,9H2,1H3. The van der Waals surface area contributed by atoms with Crippen LogP contribution in [0.3, 0.4) is 0 Å². The normalized spacial score (nSPS) is 11.6. The molecule has 0 spiro atoms. The number of rotatable bonds is 4. The second-order valence-corrected chi connectivity index (χ2v) is 7.17. The van der Waals surface area contributed by atoms with Gasteiger partial charge in [-0.3, -0.25) is 4.18 Å². The van der Waals surface area contributed by atoms with Crippen LogP contribution >= 0.6 is 27.5 Å². The molecule has 0 aliphatic carbocycles. The summed E-state index contributed by atoms with van der Waals surface area (Å²) in [5, 5.41) is 0.527. The zero-order valence-electron chi connectivity index (χ0n) is 10.6. The Hall–Kier alpha value is -0.880. The highest BCUT2D eigenvalue weighted by Gasteiger charge is 2.15. The maximum Gasteiger partial charge on any atom is 0.297 e. The van der Waals surface area contributed by atoms with Gasteiger partial charge in [0.05, 0.1) is 11.5 Å². The van der Waals surface area contributed by atoms with E-state index >= 15 is 0 Å².